The molecule has 1 fully saturated rings. The Morgan fingerprint density at radius 3 is 2.56 bits per heavy atom. The zero-order valence-electron chi connectivity index (χ0n) is 20.4. The molecule has 0 aliphatic carbocycles. The maximum absolute atomic E-state index is 12.4. The van der Waals surface area contributed by atoms with Crippen molar-refractivity contribution in [1.29, 1.82) is 0 Å². The summed E-state index contributed by atoms with van der Waals surface area (Å²) in [5.41, 5.74) is 4.44. The van der Waals surface area contributed by atoms with Gasteiger partial charge in [-0.15, -0.1) is 11.6 Å². The maximum atomic E-state index is 12.4. The van der Waals surface area contributed by atoms with Crippen LogP contribution in [0.15, 0.2) is 78.9 Å². The van der Waals surface area contributed by atoms with Gasteiger partial charge in [-0.25, -0.2) is 4.79 Å². The number of nitrogens with one attached hydrogen (secondary N) is 1. The van der Waals surface area contributed by atoms with Crippen molar-refractivity contribution in [3.63, 3.8) is 0 Å². The SMILES string of the molecule is CC(C1CCCN1)n1c(C(=O)O)cc2c(C(c3ccccc3)c3ccccc3OCCCl)cccc21. The van der Waals surface area contributed by atoms with Crippen LogP contribution in [0.2, 0.25) is 0 Å². The van der Waals surface area contributed by atoms with Crippen LogP contribution in [0.1, 0.15) is 58.9 Å². The minimum absolute atomic E-state index is 0.0147. The van der Waals surface area contributed by atoms with E-state index in [1.807, 2.05) is 59.2 Å². The Morgan fingerprint density at radius 1 is 1.08 bits per heavy atom. The third-order valence-electron chi connectivity index (χ3n) is 7.23. The number of hydrogen-bond donors (Lipinski definition) is 2. The lowest BCUT2D eigenvalue weighted by Crippen LogP contribution is -2.32. The second-order valence-corrected chi connectivity index (χ2v) is 9.73. The number of carboxylic acids is 1. The van der Waals surface area contributed by atoms with Crippen LogP contribution >= 0.6 is 11.6 Å². The van der Waals surface area contributed by atoms with Crippen molar-refractivity contribution >= 4 is 28.5 Å². The fraction of sp³-hybridized carbons (Fsp3) is 0.300. The molecule has 1 saturated heterocycles. The number of hydrogen-bond acceptors (Lipinski definition) is 3. The van der Waals surface area contributed by atoms with Gasteiger partial charge >= 0.3 is 5.97 Å². The van der Waals surface area contributed by atoms with E-state index in [0.717, 1.165) is 52.7 Å². The van der Waals surface area contributed by atoms with E-state index >= 15 is 0 Å². The molecule has 1 aromatic heterocycles. The number of alkyl halides is 1. The van der Waals surface area contributed by atoms with Crippen LogP contribution in [0.25, 0.3) is 10.9 Å². The van der Waals surface area contributed by atoms with Crippen molar-refractivity contribution in [2.24, 2.45) is 0 Å². The summed E-state index contributed by atoms with van der Waals surface area (Å²) >= 11 is 5.94. The molecule has 2 heterocycles. The van der Waals surface area contributed by atoms with Crippen LogP contribution < -0.4 is 10.1 Å². The van der Waals surface area contributed by atoms with Gasteiger partial charge in [0.25, 0.3) is 0 Å². The van der Waals surface area contributed by atoms with Crippen molar-refractivity contribution < 1.29 is 14.6 Å². The molecule has 0 amide bonds. The number of halogens is 1. The number of fused-ring (bicyclic) bond motifs is 1. The minimum atomic E-state index is -0.913. The highest BCUT2D eigenvalue weighted by Gasteiger charge is 2.29. The Kier molecular flexibility index (Phi) is 7.30. The lowest BCUT2D eigenvalue weighted by atomic mass is 9.83. The van der Waals surface area contributed by atoms with Crippen LogP contribution in [0.3, 0.4) is 0 Å². The van der Waals surface area contributed by atoms with Gasteiger partial charge in [-0.1, -0.05) is 60.7 Å². The van der Waals surface area contributed by atoms with Gasteiger partial charge in [0.05, 0.1) is 5.88 Å². The number of aromatic nitrogens is 1. The number of para-hydroxylation sites is 1. The predicted octanol–water partition coefficient (Wildman–Crippen LogP) is 6.45. The van der Waals surface area contributed by atoms with E-state index in [-0.39, 0.29) is 18.0 Å². The Bertz CT molecular complexity index is 1350. The normalized spacial score (nSPS) is 17.2. The number of carbonyl (C=O) groups is 1. The van der Waals surface area contributed by atoms with Crippen LogP contribution in [0.5, 0.6) is 5.75 Å². The molecule has 0 spiro atoms. The number of benzene rings is 3. The van der Waals surface area contributed by atoms with Crippen LogP contribution in [-0.2, 0) is 0 Å². The van der Waals surface area contributed by atoms with Crippen molar-refractivity contribution in [3.05, 3.63) is 101 Å². The molecule has 2 N–H and O–H groups in total. The molecule has 3 unspecified atom stereocenters. The lowest BCUT2D eigenvalue weighted by Gasteiger charge is -2.25. The van der Waals surface area contributed by atoms with Gasteiger partial charge in [0, 0.05) is 34.5 Å². The molecule has 1 aliphatic rings. The third kappa shape index (κ3) is 4.61. The highest BCUT2D eigenvalue weighted by atomic mass is 35.5. The number of ether oxygens (including phenoxy) is 1. The topological polar surface area (TPSA) is 63.5 Å². The minimum Gasteiger partial charge on any atom is -0.492 e. The molecular weight excluding hydrogens is 472 g/mol. The molecule has 186 valence electrons. The van der Waals surface area contributed by atoms with Gasteiger partial charge in [0.2, 0.25) is 0 Å². The second kappa shape index (κ2) is 10.8. The first-order chi connectivity index (χ1) is 17.6. The monoisotopic (exact) mass is 502 g/mol. The van der Waals surface area contributed by atoms with E-state index in [9.17, 15) is 9.90 Å². The van der Waals surface area contributed by atoms with E-state index in [0.29, 0.717) is 18.2 Å². The van der Waals surface area contributed by atoms with E-state index in [4.69, 9.17) is 16.3 Å². The smallest absolute Gasteiger partial charge is 0.352 e. The number of aromatic carboxylic acids is 1. The fourth-order valence-electron chi connectivity index (χ4n) is 5.60. The Hall–Kier alpha value is -3.28. The molecular formula is C30H31ClN2O3. The molecule has 0 radical (unpaired) electrons. The second-order valence-electron chi connectivity index (χ2n) is 9.35. The van der Waals surface area contributed by atoms with Gasteiger partial charge in [-0.05, 0) is 55.6 Å². The van der Waals surface area contributed by atoms with E-state index in [1.54, 1.807) is 0 Å². The van der Waals surface area contributed by atoms with Gasteiger partial charge in [0.1, 0.15) is 18.1 Å². The van der Waals surface area contributed by atoms with Gasteiger partial charge in [-0.3, -0.25) is 0 Å². The average Bonchev–Trinajstić information content (AvgIpc) is 3.58. The standard InChI is InChI=1S/C30H31ClN2O3/c1-20(25-13-8-17-32-25)33-26-14-7-12-22(24(26)19-27(33)30(34)35)29(21-9-3-2-4-10-21)23-11-5-6-15-28(23)36-18-16-31/h2-7,9-12,14-15,19-20,25,29,32H,8,13,16-18H2,1H3,(H,34,35). The summed E-state index contributed by atoms with van der Waals surface area (Å²) in [7, 11) is 0. The highest BCUT2D eigenvalue weighted by Crippen LogP contribution is 2.41. The summed E-state index contributed by atoms with van der Waals surface area (Å²) in [6, 6.07) is 26.6. The van der Waals surface area contributed by atoms with E-state index in [2.05, 4.69) is 36.5 Å². The zero-order chi connectivity index (χ0) is 25.1. The van der Waals surface area contributed by atoms with Crippen molar-refractivity contribution in [3.8, 4) is 5.75 Å². The van der Waals surface area contributed by atoms with Crippen molar-refractivity contribution in [1.82, 2.24) is 9.88 Å². The Balaban J connectivity index is 1.73. The maximum Gasteiger partial charge on any atom is 0.352 e. The third-order valence-corrected chi connectivity index (χ3v) is 7.39. The molecule has 0 saturated carbocycles. The van der Waals surface area contributed by atoms with Gasteiger partial charge in [0.15, 0.2) is 0 Å². The summed E-state index contributed by atoms with van der Waals surface area (Å²) in [4.78, 5) is 12.4. The first-order valence-electron chi connectivity index (χ1n) is 12.5. The summed E-state index contributed by atoms with van der Waals surface area (Å²) in [6.45, 7) is 3.50. The van der Waals surface area contributed by atoms with Crippen molar-refractivity contribution in [2.75, 3.05) is 19.0 Å². The summed E-state index contributed by atoms with van der Waals surface area (Å²) < 4.78 is 8.06. The van der Waals surface area contributed by atoms with Crippen LogP contribution in [-0.4, -0.2) is 40.7 Å². The number of nitrogens with zero attached hydrogens (tertiary/aromatic N) is 1. The van der Waals surface area contributed by atoms with E-state index < -0.39 is 5.97 Å². The zero-order valence-corrected chi connectivity index (χ0v) is 21.1. The van der Waals surface area contributed by atoms with Crippen LogP contribution in [0.4, 0.5) is 0 Å². The predicted molar refractivity (Wildman–Crippen MR) is 145 cm³/mol. The first kappa shape index (κ1) is 24.4. The average molecular weight is 503 g/mol. The quantitative estimate of drug-likeness (QED) is 0.204. The molecule has 3 aromatic carbocycles. The Morgan fingerprint density at radius 2 is 1.83 bits per heavy atom. The Labute approximate surface area is 216 Å². The lowest BCUT2D eigenvalue weighted by molar-refractivity contribution is 0.0682. The summed E-state index contributed by atoms with van der Waals surface area (Å²) in [6.07, 6.45) is 2.15. The molecule has 0 bridgehead atoms. The van der Waals surface area contributed by atoms with E-state index in [1.165, 1.54) is 0 Å². The number of rotatable bonds is 9. The van der Waals surface area contributed by atoms with Gasteiger partial charge in [-0.2, -0.15) is 0 Å². The summed E-state index contributed by atoms with van der Waals surface area (Å²) in [5, 5.41) is 14.7. The first-order valence-corrected chi connectivity index (χ1v) is 13.1. The molecule has 6 heteroatoms. The molecule has 5 nitrogen and oxygen atoms in total. The van der Waals surface area contributed by atoms with Crippen molar-refractivity contribution in [2.45, 2.75) is 37.8 Å². The fourth-order valence-corrected chi connectivity index (χ4v) is 5.68. The molecule has 36 heavy (non-hydrogen) atoms. The highest BCUT2D eigenvalue weighted by molar-refractivity contribution is 6.18. The molecule has 3 atom stereocenters. The molecule has 5 rings (SSSR count). The van der Waals surface area contributed by atoms with Crippen LogP contribution in [0, 0.1) is 0 Å². The number of carboxylic acid groups (broad SMARTS) is 1. The largest absolute Gasteiger partial charge is 0.492 e. The van der Waals surface area contributed by atoms with Gasteiger partial charge < -0.3 is 19.7 Å². The molecule has 4 aromatic rings. The molecule has 1 aliphatic heterocycles. The summed E-state index contributed by atoms with van der Waals surface area (Å²) in [5.74, 6) is 0.131.